The van der Waals surface area contributed by atoms with Gasteiger partial charge in [-0.2, -0.15) is 10.1 Å². The minimum absolute atomic E-state index is 0.00957. The average Bonchev–Trinajstić information content (AvgIpc) is 3.24. The maximum atomic E-state index is 12.2. The second kappa shape index (κ2) is 8.29. The van der Waals surface area contributed by atoms with Gasteiger partial charge in [-0.3, -0.25) is 9.48 Å². The number of hydrogen-bond acceptors (Lipinski definition) is 8. The molecule has 0 bridgehead atoms. The zero-order valence-corrected chi connectivity index (χ0v) is 18.0. The van der Waals surface area contributed by atoms with E-state index in [9.17, 15) is 4.79 Å². The Morgan fingerprint density at radius 1 is 1.23 bits per heavy atom. The van der Waals surface area contributed by atoms with E-state index >= 15 is 0 Å². The number of piperidine rings is 1. The van der Waals surface area contributed by atoms with Gasteiger partial charge in [0, 0.05) is 30.1 Å². The molecule has 1 aliphatic rings. The predicted molar refractivity (Wildman–Crippen MR) is 117 cm³/mol. The smallest absolute Gasteiger partial charge is 0.225 e. The van der Waals surface area contributed by atoms with Gasteiger partial charge in [0.15, 0.2) is 11.5 Å². The van der Waals surface area contributed by atoms with E-state index in [0.717, 1.165) is 5.69 Å². The monoisotopic (exact) mass is 425 g/mol. The molecular formula is C21H27N7O3. The highest BCUT2D eigenvalue weighted by atomic mass is 16.5. The number of methoxy groups -OCH3 is 2. The number of carbonyl (C=O) groups is 1. The minimum atomic E-state index is -0.267. The van der Waals surface area contributed by atoms with E-state index in [4.69, 9.17) is 15.2 Å². The van der Waals surface area contributed by atoms with Crippen LogP contribution in [0.1, 0.15) is 44.5 Å². The van der Waals surface area contributed by atoms with Crippen molar-refractivity contribution < 1.29 is 14.3 Å². The fourth-order valence-corrected chi connectivity index (χ4v) is 3.95. The molecule has 0 saturated carbocycles. The van der Waals surface area contributed by atoms with E-state index in [-0.39, 0.29) is 24.0 Å². The van der Waals surface area contributed by atoms with Gasteiger partial charge in [0.05, 0.1) is 37.5 Å². The highest BCUT2D eigenvalue weighted by Gasteiger charge is 2.33. The fourth-order valence-electron chi connectivity index (χ4n) is 3.95. The van der Waals surface area contributed by atoms with Crippen molar-refractivity contribution in [3.63, 3.8) is 0 Å². The molecule has 1 aliphatic heterocycles. The number of anilines is 2. The summed E-state index contributed by atoms with van der Waals surface area (Å²) >= 11 is 0. The van der Waals surface area contributed by atoms with Gasteiger partial charge < -0.3 is 25.8 Å². The van der Waals surface area contributed by atoms with Crippen LogP contribution in [-0.2, 0) is 4.79 Å². The van der Waals surface area contributed by atoms with Crippen LogP contribution >= 0.6 is 0 Å². The van der Waals surface area contributed by atoms with Crippen LogP contribution in [0, 0.1) is 0 Å². The number of ether oxygens (including phenoxy) is 2. The summed E-state index contributed by atoms with van der Waals surface area (Å²) in [4.78, 5) is 21.2. The normalized spacial score (nSPS) is 18.8. The molecule has 1 fully saturated rings. The predicted octanol–water partition coefficient (Wildman–Crippen LogP) is 2.44. The number of carbonyl (C=O) groups excluding carboxylic acids is 1. The molecule has 1 aromatic carbocycles. The number of aromatic nitrogens is 4. The maximum Gasteiger partial charge on any atom is 0.225 e. The molecular weight excluding hydrogens is 398 g/mol. The number of fused-ring (bicyclic) bond motifs is 1. The first-order valence-electron chi connectivity index (χ1n) is 10.2. The molecule has 1 saturated heterocycles. The molecule has 164 valence electrons. The Kier molecular flexibility index (Phi) is 5.53. The lowest BCUT2D eigenvalue weighted by Crippen LogP contribution is -2.46. The molecule has 3 aromatic rings. The Morgan fingerprint density at radius 2 is 1.97 bits per heavy atom. The number of nitrogens with zero attached hydrogens (tertiary/aromatic N) is 4. The summed E-state index contributed by atoms with van der Waals surface area (Å²) in [5.74, 6) is 1.84. The third-order valence-corrected chi connectivity index (χ3v) is 5.45. The van der Waals surface area contributed by atoms with Crippen LogP contribution < -0.4 is 25.8 Å². The van der Waals surface area contributed by atoms with Crippen molar-refractivity contribution in [1.82, 2.24) is 25.1 Å². The van der Waals surface area contributed by atoms with E-state index < -0.39 is 0 Å². The van der Waals surface area contributed by atoms with Crippen LogP contribution in [0.3, 0.4) is 0 Å². The molecule has 0 spiro atoms. The van der Waals surface area contributed by atoms with Crippen molar-refractivity contribution >= 4 is 28.6 Å². The molecule has 0 radical (unpaired) electrons. The van der Waals surface area contributed by atoms with Crippen LogP contribution in [0.2, 0.25) is 0 Å². The molecule has 3 heterocycles. The van der Waals surface area contributed by atoms with Crippen LogP contribution in [0.4, 0.5) is 11.8 Å². The van der Waals surface area contributed by atoms with Crippen molar-refractivity contribution in [3.8, 4) is 11.5 Å². The second-order valence-corrected chi connectivity index (χ2v) is 7.79. The lowest BCUT2D eigenvalue weighted by atomic mass is 9.95. The van der Waals surface area contributed by atoms with Crippen LogP contribution in [0.25, 0.3) is 10.9 Å². The first kappa shape index (κ1) is 20.7. The van der Waals surface area contributed by atoms with E-state index in [1.165, 1.54) is 0 Å². The second-order valence-electron chi connectivity index (χ2n) is 7.79. The maximum absolute atomic E-state index is 12.2. The van der Waals surface area contributed by atoms with Crippen LogP contribution in [0.15, 0.2) is 24.4 Å². The number of nitrogens with two attached hydrogens (primary N) is 1. The molecule has 4 rings (SSSR count). The third-order valence-electron chi connectivity index (χ3n) is 5.45. The van der Waals surface area contributed by atoms with Crippen molar-refractivity contribution in [1.29, 1.82) is 0 Å². The molecule has 31 heavy (non-hydrogen) atoms. The van der Waals surface area contributed by atoms with E-state index in [1.807, 2.05) is 10.7 Å². The zero-order chi connectivity index (χ0) is 22.1. The third kappa shape index (κ3) is 3.92. The highest BCUT2D eigenvalue weighted by Crippen LogP contribution is 2.34. The lowest BCUT2D eigenvalue weighted by molar-refractivity contribution is -0.123. The fraction of sp³-hybridized carbons (Fsp3) is 0.429. The van der Waals surface area contributed by atoms with Gasteiger partial charge in [-0.05, 0) is 32.4 Å². The standard InChI is InChI=1S/C21H27N7O3/c1-11(2)28-15(7-8-23-28)19-13(5-6-18(29)26-19)24-21-25-14-10-17(31-4)16(30-3)9-12(14)20(22)27-21/h7-11,13,19H,5-6H2,1-4H3,(H,26,29)(H3,22,24,25,27). The summed E-state index contributed by atoms with van der Waals surface area (Å²) in [6.07, 6.45) is 2.79. The molecule has 0 aliphatic carbocycles. The van der Waals surface area contributed by atoms with Gasteiger partial charge >= 0.3 is 0 Å². The van der Waals surface area contributed by atoms with Gasteiger partial charge in [0.1, 0.15) is 5.82 Å². The Hall–Kier alpha value is -3.56. The zero-order valence-electron chi connectivity index (χ0n) is 18.0. The lowest BCUT2D eigenvalue weighted by Gasteiger charge is -2.33. The van der Waals surface area contributed by atoms with Crippen LogP contribution in [-0.4, -0.2) is 45.9 Å². The summed E-state index contributed by atoms with van der Waals surface area (Å²) in [6.45, 7) is 4.11. The number of nitrogen functional groups attached to an aromatic ring is 1. The molecule has 4 N–H and O–H groups in total. The summed E-state index contributed by atoms with van der Waals surface area (Å²) in [5.41, 5.74) is 7.79. The number of nitrogens with one attached hydrogen (secondary N) is 2. The summed E-state index contributed by atoms with van der Waals surface area (Å²) in [7, 11) is 3.14. The topological polar surface area (TPSA) is 129 Å². The Bertz CT molecular complexity index is 1110. The van der Waals surface area contributed by atoms with Crippen molar-refractivity contribution in [2.45, 2.75) is 44.8 Å². The number of hydrogen-bond donors (Lipinski definition) is 3. The minimum Gasteiger partial charge on any atom is -0.493 e. The molecule has 10 nitrogen and oxygen atoms in total. The Balaban J connectivity index is 1.69. The van der Waals surface area contributed by atoms with Gasteiger partial charge in [-0.25, -0.2) is 4.98 Å². The average molecular weight is 425 g/mol. The largest absolute Gasteiger partial charge is 0.493 e. The van der Waals surface area contributed by atoms with Crippen LogP contribution in [0.5, 0.6) is 11.5 Å². The van der Waals surface area contributed by atoms with E-state index in [1.54, 1.807) is 32.5 Å². The summed E-state index contributed by atoms with van der Waals surface area (Å²) < 4.78 is 12.6. The van der Waals surface area contributed by atoms with E-state index in [0.29, 0.717) is 47.0 Å². The number of amides is 1. The quantitative estimate of drug-likeness (QED) is 0.549. The molecule has 2 aromatic heterocycles. The van der Waals surface area contributed by atoms with E-state index in [2.05, 4.69) is 39.5 Å². The van der Waals surface area contributed by atoms with Gasteiger partial charge in [-0.1, -0.05) is 0 Å². The number of rotatable bonds is 6. The van der Waals surface area contributed by atoms with Gasteiger partial charge in [0.2, 0.25) is 11.9 Å². The Labute approximate surface area is 180 Å². The molecule has 2 unspecified atom stereocenters. The SMILES string of the molecule is COc1cc2nc(NC3CCC(=O)NC3c3ccnn3C(C)C)nc(N)c2cc1OC. The molecule has 2 atom stereocenters. The van der Waals surface area contributed by atoms with Crippen molar-refractivity contribution in [2.75, 3.05) is 25.3 Å². The van der Waals surface area contributed by atoms with Crippen molar-refractivity contribution in [3.05, 3.63) is 30.1 Å². The molecule has 10 heteroatoms. The number of benzene rings is 1. The highest BCUT2D eigenvalue weighted by molar-refractivity contribution is 5.91. The first-order chi connectivity index (χ1) is 14.9. The van der Waals surface area contributed by atoms with Gasteiger partial charge in [-0.15, -0.1) is 0 Å². The van der Waals surface area contributed by atoms with Crippen molar-refractivity contribution in [2.24, 2.45) is 0 Å². The Morgan fingerprint density at radius 3 is 2.68 bits per heavy atom. The molecule has 1 amide bonds. The summed E-state index contributed by atoms with van der Waals surface area (Å²) in [5, 5.41) is 11.5. The summed E-state index contributed by atoms with van der Waals surface area (Å²) in [6, 6.07) is 5.24. The van der Waals surface area contributed by atoms with Gasteiger partial charge in [0.25, 0.3) is 0 Å². The first-order valence-corrected chi connectivity index (χ1v) is 10.2.